The van der Waals surface area contributed by atoms with E-state index in [1.54, 1.807) is 4.90 Å². The molecule has 1 aliphatic rings. The van der Waals surface area contributed by atoms with Crippen LogP contribution in [-0.2, 0) is 14.3 Å². The van der Waals surface area contributed by atoms with Gasteiger partial charge in [-0.3, -0.25) is 4.79 Å². The molecular weight excluding hydrogens is 350 g/mol. The molecule has 1 heterocycles. The van der Waals surface area contributed by atoms with Gasteiger partial charge in [0.2, 0.25) is 5.91 Å². The van der Waals surface area contributed by atoms with E-state index in [2.05, 4.69) is 10.6 Å². The first-order chi connectivity index (χ1) is 13.1. The third kappa shape index (κ3) is 6.41. The summed E-state index contributed by atoms with van der Waals surface area (Å²) in [5.74, 6) is 0.742. The summed E-state index contributed by atoms with van der Waals surface area (Å²) in [7, 11) is 0. The van der Waals surface area contributed by atoms with Gasteiger partial charge in [0.25, 0.3) is 0 Å². The molecule has 0 bridgehead atoms. The number of anilines is 1. The zero-order valence-electron chi connectivity index (χ0n) is 16.2. The Labute approximate surface area is 160 Å². The molecule has 1 fully saturated rings. The van der Waals surface area contributed by atoms with Crippen molar-refractivity contribution in [2.24, 2.45) is 0 Å². The van der Waals surface area contributed by atoms with Crippen molar-refractivity contribution in [2.45, 2.75) is 39.5 Å². The van der Waals surface area contributed by atoms with Crippen LogP contribution < -0.4 is 20.3 Å². The Morgan fingerprint density at radius 2 is 1.81 bits per heavy atom. The van der Waals surface area contributed by atoms with Crippen LogP contribution in [0.2, 0.25) is 0 Å². The van der Waals surface area contributed by atoms with E-state index in [0.717, 1.165) is 11.4 Å². The van der Waals surface area contributed by atoms with Crippen LogP contribution in [0.1, 0.15) is 27.2 Å². The van der Waals surface area contributed by atoms with Crippen LogP contribution in [0.4, 0.5) is 10.5 Å². The molecule has 3 amide bonds. The second-order valence-corrected chi connectivity index (χ2v) is 6.03. The average Bonchev–Trinajstić information content (AvgIpc) is 3.01. The molecule has 8 heteroatoms. The van der Waals surface area contributed by atoms with Crippen LogP contribution in [-0.4, -0.2) is 57.2 Å². The largest absolute Gasteiger partial charge is 0.494 e. The Morgan fingerprint density at radius 3 is 2.41 bits per heavy atom. The quantitative estimate of drug-likeness (QED) is 0.606. The zero-order chi connectivity index (χ0) is 19.6. The van der Waals surface area contributed by atoms with E-state index in [1.807, 2.05) is 45.0 Å². The van der Waals surface area contributed by atoms with Crippen molar-refractivity contribution in [2.75, 3.05) is 37.8 Å². The number of amides is 3. The van der Waals surface area contributed by atoms with Gasteiger partial charge in [-0.15, -0.1) is 0 Å². The fourth-order valence-corrected chi connectivity index (χ4v) is 2.89. The SMILES string of the molecule is CCOc1ccc(N2C[C@@H](NC(=O)NCC(OCC)OCC)CC2=O)cc1. The molecule has 1 aliphatic heterocycles. The minimum absolute atomic E-state index is 0.0223. The summed E-state index contributed by atoms with van der Waals surface area (Å²) in [4.78, 5) is 26.1. The van der Waals surface area contributed by atoms with Crippen molar-refractivity contribution in [3.8, 4) is 5.75 Å². The molecule has 1 aromatic rings. The van der Waals surface area contributed by atoms with Gasteiger partial charge in [0.1, 0.15) is 5.75 Å². The van der Waals surface area contributed by atoms with E-state index in [0.29, 0.717) is 26.4 Å². The number of benzene rings is 1. The lowest BCUT2D eigenvalue weighted by molar-refractivity contribution is -0.131. The van der Waals surface area contributed by atoms with Crippen molar-refractivity contribution in [3.63, 3.8) is 0 Å². The molecule has 0 radical (unpaired) electrons. The van der Waals surface area contributed by atoms with Crippen molar-refractivity contribution in [1.82, 2.24) is 10.6 Å². The Morgan fingerprint density at radius 1 is 1.15 bits per heavy atom. The van der Waals surface area contributed by atoms with E-state index in [9.17, 15) is 9.59 Å². The Kier molecular flexibility index (Phi) is 8.35. The van der Waals surface area contributed by atoms with Crippen LogP contribution in [0.15, 0.2) is 24.3 Å². The lowest BCUT2D eigenvalue weighted by Crippen LogP contribution is -2.46. The molecule has 1 aromatic carbocycles. The Hall–Kier alpha value is -2.32. The van der Waals surface area contributed by atoms with Crippen LogP contribution >= 0.6 is 0 Å². The van der Waals surface area contributed by atoms with E-state index < -0.39 is 6.29 Å². The maximum Gasteiger partial charge on any atom is 0.315 e. The van der Waals surface area contributed by atoms with Crippen molar-refractivity contribution < 1.29 is 23.8 Å². The zero-order valence-corrected chi connectivity index (χ0v) is 16.2. The van der Waals surface area contributed by atoms with Gasteiger partial charge in [0.05, 0.1) is 19.2 Å². The number of nitrogens with one attached hydrogen (secondary N) is 2. The second kappa shape index (κ2) is 10.7. The molecule has 27 heavy (non-hydrogen) atoms. The normalized spacial score (nSPS) is 16.7. The van der Waals surface area contributed by atoms with Gasteiger partial charge in [-0.2, -0.15) is 0 Å². The fraction of sp³-hybridized carbons (Fsp3) is 0.579. The van der Waals surface area contributed by atoms with Gasteiger partial charge < -0.3 is 29.7 Å². The highest BCUT2D eigenvalue weighted by Crippen LogP contribution is 2.24. The smallest absolute Gasteiger partial charge is 0.315 e. The molecule has 0 unspecified atom stereocenters. The standard InChI is InChI=1S/C19H29N3O5/c1-4-25-16-9-7-15(8-10-16)22-13-14(11-17(22)23)21-19(24)20-12-18(26-5-2)27-6-3/h7-10,14,18H,4-6,11-13H2,1-3H3,(H2,20,21,24)/t14-/m0/s1. The Bertz CT molecular complexity index is 602. The van der Waals surface area contributed by atoms with Gasteiger partial charge in [0.15, 0.2) is 6.29 Å². The predicted octanol–water partition coefficient (Wildman–Crippen LogP) is 1.89. The average molecular weight is 379 g/mol. The molecule has 2 N–H and O–H groups in total. The van der Waals surface area contributed by atoms with Gasteiger partial charge >= 0.3 is 6.03 Å². The van der Waals surface area contributed by atoms with Crippen LogP contribution in [0.3, 0.4) is 0 Å². The molecule has 0 saturated carbocycles. The van der Waals surface area contributed by atoms with Crippen molar-refractivity contribution >= 4 is 17.6 Å². The van der Waals surface area contributed by atoms with Gasteiger partial charge in [-0.1, -0.05) is 0 Å². The lowest BCUT2D eigenvalue weighted by Gasteiger charge is -2.19. The summed E-state index contributed by atoms with van der Waals surface area (Å²) in [6.45, 7) is 7.93. The first-order valence-electron chi connectivity index (χ1n) is 9.38. The minimum Gasteiger partial charge on any atom is -0.494 e. The maximum absolute atomic E-state index is 12.3. The highest BCUT2D eigenvalue weighted by Gasteiger charge is 2.31. The summed E-state index contributed by atoms with van der Waals surface area (Å²) in [6.07, 6.45) is -0.211. The number of hydrogen-bond acceptors (Lipinski definition) is 5. The number of hydrogen-bond donors (Lipinski definition) is 2. The van der Waals surface area contributed by atoms with Crippen LogP contribution in [0.25, 0.3) is 0 Å². The van der Waals surface area contributed by atoms with Gasteiger partial charge in [-0.25, -0.2) is 4.79 Å². The van der Waals surface area contributed by atoms with Crippen LogP contribution in [0, 0.1) is 0 Å². The topological polar surface area (TPSA) is 89.1 Å². The molecular formula is C19H29N3O5. The minimum atomic E-state index is -0.476. The van der Waals surface area contributed by atoms with Crippen LogP contribution in [0.5, 0.6) is 5.75 Å². The molecule has 8 nitrogen and oxygen atoms in total. The summed E-state index contributed by atoms with van der Waals surface area (Å²) in [6, 6.07) is 6.77. The van der Waals surface area contributed by atoms with E-state index in [4.69, 9.17) is 14.2 Å². The van der Waals surface area contributed by atoms with Gasteiger partial charge in [-0.05, 0) is 45.0 Å². The van der Waals surface area contributed by atoms with E-state index >= 15 is 0 Å². The highest BCUT2D eigenvalue weighted by atomic mass is 16.7. The molecule has 1 atom stereocenters. The number of urea groups is 1. The maximum atomic E-state index is 12.3. The molecule has 0 aliphatic carbocycles. The Balaban J connectivity index is 1.83. The third-order valence-corrected chi connectivity index (χ3v) is 4.05. The summed E-state index contributed by atoms with van der Waals surface area (Å²) >= 11 is 0. The number of nitrogens with zero attached hydrogens (tertiary/aromatic N) is 1. The van der Waals surface area contributed by atoms with E-state index in [-0.39, 0.29) is 30.9 Å². The summed E-state index contributed by atoms with van der Waals surface area (Å²) in [5, 5.41) is 5.56. The monoisotopic (exact) mass is 379 g/mol. The first kappa shape index (κ1) is 21.0. The second-order valence-electron chi connectivity index (χ2n) is 6.03. The van der Waals surface area contributed by atoms with Gasteiger partial charge in [0, 0.05) is 31.9 Å². The lowest BCUT2D eigenvalue weighted by atomic mass is 10.2. The molecule has 150 valence electrons. The molecule has 0 aromatic heterocycles. The highest BCUT2D eigenvalue weighted by molar-refractivity contribution is 5.96. The number of ether oxygens (including phenoxy) is 3. The summed E-state index contributed by atoms with van der Waals surface area (Å²) < 4.78 is 16.2. The molecule has 0 spiro atoms. The number of carbonyl (C=O) groups excluding carboxylic acids is 2. The molecule has 1 saturated heterocycles. The summed E-state index contributed by atoms with van der Waals surface area (Å²) in [5.41, 5.74) is 0.793. The first-order valence-corrected chi connectivity index (χ1v) is 9.38. The van der Waals surface area contributed by atoms with Crippen molar-refractivity contribution in [1.29, 1.82) is 0 Å². The van der Waals surface area contributed by atoms with E-state index in [1.165, 1.54) is 0 Å². The fourth-order valence-electron chi connectivity index (χ4n) is 2.89. The third-order valence-electron chi connectivity index (χ3n) is 4.05. The predicted molar refractivity (Wildman–Crippen MR) is 102 cm³/mol. The molecule has 2 rings (SSSR count). The van der Waals surface area contributed by atoms with Crippen molar-refractivity contribution in [3.05, 3.63) is 24.3 Å². The number of rotatable bonds is 10. The number of carbonyl (C=O) groups is 2.